The first-order valence-corrected chi connectivity index (χ1v) is 6.51. The van der Waals surface area contributed by atoms with E-state index in [0.29, 0.717) is 0 Å². The number of aliphatic hydroxyl groups excluding tert-OH is 1. The van der Waals surface area contributed by atoms with Gasteiger partial charge >= 0.3 is 0 Å². The summed E-state index contributed by atoms with van der Waals surface area (Å²) in [6.45, 7) is 1.30. The van der Waals surface area contributed by atoms with Gasteiger partial charge in [-0.25, -0.2) is 0 Å². The standard InChI is InChI=1S/C14H22N2O3/c1-19-13-7-5-6-12(10-13)16-14(18)11-15-8-3-2-4-9-17/h5-7,10,15,17H,2-4,8-9,11H2,1H3,(H,16,18). The summed E-state index contributed by atoms with van der Waals surface area (Å²) in [4.78, 5) is 11.6. The Morgan fingerprint density at radius 3 is 2.89 bits per heavy atom. The molecule has 0 aromatic heterocycles. The first kappa shape index (κ1) is 15.5. The molecule has 0 unspecified atom stereocenters. The van der Waals surface area contributed by atoms with Crippen molar-refractivity contribution < 1.29 is 14.6 Å². The summed E-state index contributed by atoms with van der Waals surface area (Å²) in [5.74, 6) is 0.644. The Bertz CT molecular complexity index is 383. The van der Waals surface area contributed by atoms with Gasteiger partial charge in [-0.1, -0.05) is 6.07 Å². The molecule has 0 bridgehead atoms. The Kier molecular flexibility index (Phi) is 7.62. The van der Waals surface area contributed by atoms with Crippen molar-refractivity contribution in [2.75, 3.05) is 32.1 Å². The summed E-state index contributed by atoms with van der Waals surface area (Å²) in [6.07, 6.45) is 2.76. The number of benzene rings is 1. The molecule has 0 heterocycles. The minimum atomic E-state index is -0.0737. The largest absolute Gasteiger partial charge is 0.497 e. The van der Waals surface area contributed by atoms with E-state index >= 15 is 0 Å². The number of ether oxygens (including phenoxy) is 1. The molecular formula is C14H22N2O3. The Labute approximate surface area is 114 Å². The van der Waals surface area contributed by atoms with Crippen LogP contribution in [-0.4, -0.2) is 37.8 Å². The van der Waals surface area contributed by atoms with Crippen molar-refractivity contribution >= 4 is 11.6 Å². The van der Waals surface area contributed by atoms with E-state index in [1.165, 1.54) is 0 Å². The molecule has 0 atom stereocenters. The van der Waals surface area contributed by atoms with Crippen LogP contribution in [0, 0.1) is 0 Å². The van der Waals surface area contributed by atoms with Crippen LogP contribution in [0.15, 0.2) is 24.3 Å². The lowest BCUT2D eigenvalue weighted by molar-refractivity contribution is -0.115. The van der Waals surface area contributed by atoms with Crippen LogP contribution in [0.5, 0.6) is 5.75 Å². The number of methoxy groups -OCH3 is 1. The van der Waals surface area contributed by atoms with E-state index in [2.05, 4.69) is 10.6 Å². The third-order valence-corrected chi connectivity index (χ3v) is 2.65. The zero-order chi connectivity index (χ0) is 13.9. The summed E-state index contributed by atoms with van der Waals surface area (Å²) in [5, 5.41) is 14.5. The number of carbonyl (C=O) groups is 1. The van der Waals surface area contributed by atoms with Gasteiger partial charge in [-0.15, -0.1) is 0 Å². The van der Waals surface area contributed by atoms with Gasteiger partial charge in [0.05, 0.1) is 13.7 Å². The zero-order valence-corrected chi connectivity index (χ0v) is 11.3. The Morgan fingerprint density at radius 1 is 1.32 bits per heavy atom. The second-order valence-electron chi connectivity index (χ2n) is 4.24. The lowest BCUT2D eigenvalue weighted by Crippen LogP contribution is -2.28. The van der Waals surface area contributed by atoms with E-state index in [1.807, 2.05) is 18.2 Å². The van der Waals surface area contributed by atoms with Crippen molar-refractivity contribution in [3.05, 3.63) is 24.3 Å². The molecule has 1 aromatic rings. The van der Waals surface area contributed by atoms with Gasteiger partial charge in [0.15, 0.2) is 0 Å². The van der Waals surface area contributed by atoms with E-state index in [9.17, 15) is 4.79 Å². The number of amides is 1. The van der Waals surface area contributed by atoms with Crippen molar-refractivity contribution in [1.82, 2.24) is 5.32 Å². The molecule has 1 amide bonds. The highest BCUT2D eigenvalue weighted by atomic mass is 16.5. The fourth-order valence-electron chi connectivity index (χ4n) is 1.65. The summed E-state index contributed by atoms with van der Waals surface area (Å²) in [7, 11) is 1.59. The molecule has 3 N–H and O–H groups in total. The molecule has 19 heavy (non-hydrogen) atoms. The van der Waals surface area contributed by atoms with Crippen LogP contribution in [0.3, 0.4) is 0 Å². The number of unbranched alkanes of at least 4 members (excludes halogenated alkanes) is 2. The summed E-state index contributed by atoms with van der Waals surface area (Å²) >= 11 is 0. The van der Waals surface area contributed by atoms with Crippen molar-refractivity contribution in [2.24, 2.45) is 0 Å². The zero-order valence-electron chi connectivity index (χ0n) is 11.3. The van der Waals surface area contributed by atoms with Gasteiger partial charge in [0.25, 0.3) is 0 Å². The molecule has 0 aliphatic heterocycles. The predicted molar refractivity (Wildman–Crippen MR) is 75.4 cm³/mol. The van der Waals surface area contributed by atoms with E-state index in [1.54, 1.807) is 13.2 Å². The monoisotopic (exact) mass is 266 g/mol. The SMILES string of the molecule is COc1cccc(NC(=O)CNCCCCCO)c1. The average Bonchev–Trinajstić information content (AvgIpc) is 2.43. The number of nitrogens with one attached hydrogen (secondary N) is 2. The van der Waals surface area contributed by atoms with Gasteiger partial charge in [0.1, 0.15) is 5.75 Å². The van der Waals surface area contributed by atoms with Crippen molar-refractivity contribution in [2.45, 2.75) is 19.3 Å². The van der Waals surface area contributed by atoms with Crippen LogP contribution in [-0.2, 0) is 4.79 Å². The van der Waals surface area contributed by atoms with Crippen LogP contribution in [0.1, 0.15) is 19.3 Å². The highest BCUT2D eigenvalue weighted by Crippen LogP contribution is 2.16. The summed E-state index contributed by atoms with van der Waals surface area (Å²) in [6, 6.07) is 7.26. The predicted octanol–water partition coefficient (Wildman–Crippen LogP) is 1.39. The van der Waals surface area contributed by atoms with Crippen LogP contribution in [0.2, 0.25) is 0 Å². The smallest absolute Gasteiger partial charge is 0.238 e. The van der Waals surface area contributed by atoms with Crippen LogP contribution in [0.25, 0.3) is 0 Å². The Morgan fingerprint density at radius 2 is 2.16 bits per heavy atom. The first-order valence-electron chi connectivity index (χ1n) is 6.51. The molecule has 0 aliphatic carbocycles. The van der Waals surface area contributed by atoms with Gasteiger partial charge < -0.3 is 20.5 Å². The number of carbonyl (C=O) groups excluding carboxylic acids is 1. The third kappa shape index (κ3) is 6.79. The first-order chi connectivity index (χ1) is 9.26. The maximum absolute atomic E-state index is 11.6. The quantitative estimate of drug-likeness (QED) is 0.591. The number of hydrogen-bond acceptors (Lipinski definition) is 4. The average molecular weight is 266 g/mol. The number of rotatable bonds is 9. The number of anilines is 1. The number of hydrogen-bond donors (Lipinski definition) is 3. The van der Waals surface area contributed by atoms with Crippen molar-refractivity contribution in [3.8, 4) is 5.75 Å². The molecule has 0 fully saturated rings. The third-order valence-electron chi connectivity index (χ3n) is 2.65. The van der Waals surface area contributed by atoms with Gasteiger partial charge in [-0.3, -0.25) is 4.79 Å². The van der Waals surface area contributed by atoms with Crippen LogP contribution >= 0.6 is 0 Å². The number of aliphatic hydroxyl groups is 1. The van der Waals surface area contributed by atoms with E-state index in [4.69, 9.17) is 9.84 Å². The maximum atomic E-state index is 11.6. The molecule has 5 nitrogen and oxygen atoms in total. The van der Waals surface area contributed by atoms with E-state index in [0.717, 1.165) is 37.2 Å². The molecule has 1 rings (SSSR count). The molecule has 0 radical (unpaired) electrons. The second kappa shape index (κ2) is 9.35. The van der Waals surface area contributed by atoms with Gasteiger partial charge in [0, 0.05) is 18.4 Å². The summed E-state index contributed by atoms with van der Waals surface area (Å²) in [5.41, 5.74) is 0.728. The van der Waals surface area contributed by atoms with Crippen molar-refractivity contribution in [1.29, 1.82) is 0 Å². The molecule has 5 heteroatoms. The molecule has 1 aromatic carbocycles. The molecule has 106 valence electrons. The fourth-order valence-corrected chi connectivity index (χ4v) is 1.65. The lowest BCUT2D eigenvalue weighted by Gasteiger charge is -2.08. The molecule has 0 saturated heterocycles. The second-order valence-corrected chi connectivity index (χ2v) is 4.24. The highest BCUT2D eigenvalue weighted by Gasteiger charge is 2.02. The van der Waals surface area contributed by atoms with Gasteiger partial charge in [-0.2, -0.15) is 0 Å². The van der Waals surface area contributed by atoms with Gasteiger partial charge in [0.2, 0.25) is 5.91 Å². The Hall–Kier alpha value is -1.59. The van der Waals surface area contributed by atoms with Crippen LogP contribution in [0.4, 0.5) is 5.69 Å². The maximum Gasteiger partial charge on any atom is 0.238 e. The van der Waals surface area contributed by atoms with Crippen LogP contribution < -0.4 is 15.4 Å². The Balaban J connectivity index is 2.19. The van der Waals surface area contributed by atoms with E-state index < -0.39 is 0 Å². The lowest BCUT2D eigenvalue weighted by atomic mass is 10.2. The summed E-state index contributed by atoms with van der Waals surface area (Å²) < 4.78 is 5.09. The molecule has 0 spiro atoms. The molecular weight excluding hydrogens is 244 g/mol. The topological polar surface area (TPSA) is 70.6 Å². The normalized spacial score (nSPS) is 10.2. The van der Waals surface area contributed by atoms with Gasteiger partial charge in [-0.05, 0) is 37.9 Å². The minimum absolute atomic E-state index is 0.0737. The van der Waals surface area contributed by atoms with Crippen molar-refractivity contribution in [3.63, 3.8) is 0 Å². The van der Waals surface area contributed by atoms with E-state index in [-0.39, 0.29) is 19.1 Å². The molecule has 0 aliphatic rings. The molecule has 0 saturated carbocycles. The highest BCUT2D eigenvalue weighted by molar-refractivity contribution is 5.92. The minimum Gasteiger partial charge on any atom is -0.497 e. The fraction of sp³-hybridized carbons (Fsp3) is 0.500.